The highest BCUT2D eigenvalue weighted by Crippen LogP contribution is 2.27. The van der Waals surface area contributed by atoms with Crippen LogP contribution in [0.1, 0.15) is 21.5 Å². The molecule has 3 aromatic carbocycles. The first-order valence-electron chi connectivity index (χ1n) is 9.06. The smallest absolute Gasteiger partial charge is 0.256 e. The number of aryl methyl sites for hydroxylation is 1. The summed E-state index contributed by atoms with van der Waals surface area (Å²) in [6.07, 6.45) is 0. The van der Waals surface area contributed by atoms with Crippen LogP contribution in [-0.2, 0) is 0 Å². The molecule has 0 unspecified atom stereocenters. The zero-order valence-corrected chi connectivity index (χ0v) is 17.2. The Labute approximate surface area is 172 Å². The van der Waals surface area contributed by atoms with Gasteiger partial charge in [-0.3, -0.25) is 4.79 Å². The lowest BCUT2D eigenvalue weighted by molar-refractivity contribution is 0.102. The van der Waals surface area contributed by atoms with E-state index < -0.39 is 0 Å². The number of halogens is 1. The molecule has 138 valence electrons. The third-order valence-corrected chi connectivity index (χ3v) is 5.48. The fourth-order valence-corrected chi connectivity index (χ4v) is 3.47. The lowest BCUT2D eigenvalue weighted by Gasteiger charge is -2.13. The first kappa shape index (κ1) is 18.4. The summed E-state index contributed by atoms with van der Waals surface area (Å²) in [6, 6.07) is 23.5. The number of hydrogen-bond donors (Lipinski definition) is 1. The van der Waals surface area contributed by atoms with Gasteiger partial charge in [-0.25, -0.2) is 4.98 Å². The molecule has 0 atom stereocenters. The van der Waals surface area contributed by atoms with E-state index in [-0.39, 0.29) is 5.91 Å². The van der Waals surface area contributed by atoms with Crippen LogP contribution >= 0.6 is 15.9 Å². The zero-order valence-electron chi connectivity index (χ0n) is 15.7. The van der Waals surface area contributed by atoms with Crippen LogP contribution < -0.4 is 5.32 Å². The van der Waals surface area contributed by atoms with Crippen molar-refractivity contribution in [2.24, 2.45) is 0 Å². The summed E-state index contributed by atoms with van der Waals surface area (Å²) in [5.41, 5.74) is 6.21. The van der Waals surface area contributed by atoms with Gasteiger partial charge in [0.2, 0.25) is 0 Å². The van der Waals surface area contributed by atoms with E-state index in [2.05, 4.69) is 21.2 Å². The van der Waals surface area contributed by atoms with Gasteiger partial charge in [0, 0.05) is 21.1 Å². The summed E-state index contributed by atoms with van der Waals surface area (Å²) in [5, 5.41) is 3.91. The minimum atomic E-state index is -0.134. The van der Waals surface area contributed by atoms with Crippen LogP contribution in [0.4, 0.5) is 5.69 Å². The maximum atomic E-state index is 13.2. The lowest BCUT2D eigenvalue weighted by Crippen LogP contribution is -2.14. The van der Waals surface area contributed by atoms with Crippen LogP contribution in [0.3, 0.4) is 0 Å². The Morgan fingerprint density at radius 1 is 0.929 bits per heavy atom. The highest BCUT2D eigenvalue weighted by Gasteiger charge is 2.15. The number of para-hydroxylation sites is 1. The summed E-state index contributed by atoms with van der Waals surface area (Å²) >= 11 is 3.46. The minimum absolute atomic E-state index is 0.134. The average molecular weight is 431 g/mol. The quantitative estimate of drug-likeness (QED) is 0.401. The van der Waals surface area contributed by atoms with E-state index in [4.69, 9.17) is 4.98 Å². The van der Waals surface area contributed by atoms with E-state index >= 15 is 0 Å². The molecule has 3 nitrogen and oxygen atoms in total. The van der Waals surface area contributed by atoms with Crippen LogP contribution in [0.15, 0.2) is 77.3 Å². The summed E-state index contributed by atoms with van der Waals surface area (Å²) < 4.78 is 1.00. The molecule has 1 heterocycles. The molecule has 0 aliphatic carbocycles. The second-order valence-corrected chi connectivity index (χ2v) is 7.70. The molecule has 4 rings (SSSR count). The van der Waals surface area contributed by atoms with Crippen molar-refractivity contribution >= 4 is 38.4 Å². The topological polar surface area (TPSA) is 42.0 Å². The fourth-order valence-electron chi connectivity index (χ4n) is 3.21. The summed E-state index contributed by atoms with van der Waals surface area (Å²) in [5.74, 6) is -0.134. The molecule has 0 aliphatic heterocycles. The Hall–Kier alpha value is -2.98. The standard InChI is InChI=1S/C24H19BrN2O/c1-15-6-5-9-21(16(15)2)27-24(28)20-14-23(17-10-12-18(25)13-11-17)26-22-8-4-3-7-19(20)22/h3-14H,1-2H3,(H,27,28). The molecule has 0 saturated carbocycles. The molecular formula is C24H19BrN2O. The normalized spacial score (nSPS) is 10.8. The number of benzene rings is 3. The summed E-state index contributed by atoms with van der Waals surface area (Å²) in [4.78, 5) is 17.9. The van der Waals surface area contributed by atoms with Gasteiger partial charge in [0.15, 0.2) is 0 Å². The van der Waals surface area contributed by atoms with Crippen LogP contribution in [-0.4, -0.2) is 10.9 Å². The van der Waals surface area contributed by atoms with E-state index in [0.717, 1.165) is 43.4 Å². The Morgan fingerprint density at radius 2 is 1.68 bits per heavy atom. The van der Waals surface area contributed by atoms with Crippen LogP contribution in [0.25, 0.3) is 22.2 Å². The van der Waals surface area contributed by atoms with Gasteiger partial charge in [-0.1, -0.05) is 58.4 Å². The van der Waals surface area contributed by atoms with Crippen molar-refractivity contribution in [2.45, 2.75) is 13.8 Å². The molecule has 0 spiro atoms. The van der Waals surface area contributed by atoms with Gasteiger partial charge in [-0.15, -0.1) is 0 Å². The predicted molar refractivity (Wildman–Crippen MR) is 119 cm³/mol. The molecular weight excluding hydrogens is 412 g/mol. The number of aromatic nitrogens is 1. The van der Waals surface area contributed by atoms with Crippen molar-refractivity contribution in [2.75, 3.05) is 5.32 Å². The second-order valence-electron chi connectivity index (χ2n) is 6.78. The number of carbonyl (C=O) groups excluding carboxylic acids is 1. The van der Waals surface area contributed by atoms with Crippen molar-refractivity contribution < 1.29 is 4.79 Å². The largest absolute Gasteiger partial charge is 0.322 e. The zero-order chi connectivity index (χ0) is 19.7. The number of pyridine rings is 1. The summed E-state index contributed by atoms with van der Waals surface area (Å²) in [6.45, 7) is 4.06. The van der Waals surface area contributed by atoms with Gasteiger partial charge in [-0.2, -0.15) is 0 Å². The molecule has 1 N–H and O–H groups in total. The van der Waals surface area contributed by atoms with Crippen molar-refractivity contribution in [3.8, 4) is 11.3 Å². The van der Waals surface area contributed by atoms with Crippen molar-refractivity contribution in [1.29, 1.82) is 0 Å². The fraction of sp³-hybridized carbons (Fsp3) is 0.0833. The Balaban J connectivity index is 1.81. The molecule has 0 bridgehead atoms. The molecule has 0 saturated heterocycles. The lowest BCUT2D eigenvalue weighted by atomic mass is 10.0. The third kappa shape index (κ3) is 3.56. The number of carbonyl (C=O) groups is 1. The second kappa shape index (κ2) is 7.56. The third-order valence-electron chi connectivity index (χ3n) is 4.95. The minimum Gasteiger partial charge on any atom is -0.322 e. The Kier molecular flexibility index (Phi) is 4.97. The van der Waals surface area contributed by atoms with Gasteiger partial charge < -0.3 is 5.32 Å². The molecule has 4 aromatic rings. The molecule has 0 fully saturated rings. The number of nitrogens with zero attached hydrogens (tertiary/aromatic N) is 1. The summed E-state index contributed by atoms with van der Waals surface area (Å²) in [7, 11) is 0. The van der Waals surface area contributed by atoms with E-state index in [9.17, 15) is 4.79 Å². The SMILES string of the molecule is Cc1cccc(NC(=O)c2cc(-c3ccc(Br)cc3)nc3ccccc23)c1C. The van der Waals surface area contributed by atoms with E-state index in [0.29, 0.717) is 5.56 Å². The van der Waals surface area contributed by atoms with Crippen LogP contribution in [0.2, 0.25) is 0 Å². The average Bonchev–Trinajstić information content (AvgIpc) is 2.71. The highest BCUT2D eigenvalue weighted by molar-refractivity contribution is 9.10. The first-order valence-corrected chi connectivity index (χ1v) is 9.85. The van der Waals surface area contributed by atoms with Gasteiger partial charge in [-0.05, 0) is 55.3 Å². The molecule has 0 aliphatic rings. The number of nitrogens with one attached hydrogen (secondary N) is 1. The Morgan fingerprint density at radius 3 is 2.46 bits per heavy atom. The predicted octanol–water partition coefficient (Wildman–Crippen LogP) is 6.53. The van der Waals surface area contributed by atoms with Gasteiger partial charge in [0.1, 0.15) is 0 Å². The first-order chi connectivity index (χ1) is 13.5. The van der Waals surface area contributed by atoms with Crippen LogP contribution in [0.5, 0.6) is 0 Å². The van der Waals surface area contributed by atoms with Crippen molar-refractivity contribution in [3.05, 3.63) is 94.0 Å². The maximum absolute atomic E-state index is 13.2. The maximum Gasteiger partial charge on any atom is 0.256 e. The van der Waals surface area contributed by atoms with E-state index in [1.54, 1.807) is 0 Å². The number of amides is 1. The number of anilines is 1. The molecule has 28 heavy (non-hydrogen) atoms. The van der Waals surface area contributed by atoms with Crippen molar-refractivity contribution in [3.63, 3.8) is 0 Å². The highest BCUT2D eigenvalue weighted by atomic mass is 79.9. The molecule has 1 amide bonds. The van der Waals surface area contributed by atoms with Gasteiger partial charge in [0.05, 0.1) is 16.8 Å². The van der Waals surface area contributed by atoms with Gasteiger partial charge in [0.25, 0.3) is 5.91 Å². The molecule has 1 aromatic heterocycles. The number of hydrogen-bond acceptors (Lipinski definition) is 2. The Bertz CT molecular complexity index is 1180. The number of rotatable bonds is 3. The molecule has 4 heteroatoms. The monoisotopic (exact) mass is 430 g/mol. The van der Waals surface area contributed by atoms with E-state index in [1.807, 2.05) is 86.6 Å². The van der Waals surface area contributed by atoms with Crippen molar-refractivity contribution in [1.82, 2.24) is 4.98 Å². The van der Waals surface area contributed by atoms with E-state index in [1.165, 1.54) is 0 Å². The molecule has 0 radical (unpaired) electrons. The van der Waals surface area contributed by atoms with Gasteiger partial charge >= 0.3 is 0 Å². The van der Waals surface area contributed by atoms with Crippen LogP contribution in [0, 0.1) is 13.8 Å². The number of fused-ring (bicyclic) bond motifs is 1.